The maximum atomic E-state index is 5.93. The van der Waals surface area contributed by atoms with Gasteiger partial charge in [-0.1, -0.05) is 12.1 Å². The van der Waals surface area contributed by atoms with Crippen molar-refractivity contribution >= 4 is 10.9 Å². The molecule has 1 aliphatic heterocycles. The maximum absolute atomic E-state index is 5.93. The lowest BCUT2D eigenvalue weighted by atomic mass is 10.2. The summed E-state index contributed by atoms with van der Waals surface area (Å²) in [6.45, 7) is 5.08. The third kappa shape index (κ3) is 2.85. The first kappa shape index (κ1) is 12.4. The van der Waals surface area contributed by atoms with E-state index in [0.29, 0.717) is 6.61 Å². The molecule has 1 fully saturated rings. The fraction of sp³-hybridized carbons (Fsp3) is 0.400. The summed E-state index contributed by atoms with van der Waals surface area (Å²) < 4.78 is 11.6. The van der Waals surface area contributed by atoms with E-state index < -0.39 is 0 Å². The zero-order valence-corrected chi connectivity index (χ0v) is 11.1. The van der Waals surface area contributed by atoms with Gasteiger partial charge in [0.15, 0.2) is 0 Å². The fourth-order valence-corrected chi connectivity index (χ4v) is 2.30. The predicted octanol–water partition coefficient (Wildman–Crippen LogP) is 1.91. The average molecular weight is 258 g/mol. The molecule has 4 nitrogen and oxygen atoms in total. The number of ether oxygens (including phenoxy) is 2. The number of nitrogens with zero attached hydrogens (tertiary/aromatic N) is 1. The second-order valence-corrected chi connectivity index (χ2v) is 4.79. The molecular weight excluding hydrogens is 240 g/mol. The molecule has 1 unspecified atom stereocenters. The Hall–Kier alpha value is -1.65. The second-order valence-electron chi connectivity index (χ2n) is 4.79. The lowest BCUT2D eigenvalue weighted by molar-refractivity contribution is 0.000491. The van der Waals surface area contributed by atoms with Crippen LogP contribution in [0, 0.1) is 6.92 Å². The highest BCUT2D eigenvalue weighted by Gasteiger charge is 2.14. The summed E-state index contributed by atoms with van der Waals surface area (Å²) in [7, 11) is 0. The van der Waals surface area contributed by atoms with Crippen LogP contribution in [-0.4, -0.2) is 37.4 Å². The van der Waals surface area contributed by atoms with E-state index in [1.165, 1.54) is 0 Å². The van der Waals surface area contributed by atoms with Crippen LogP contribution < -0.4 is 10.1 Å². The number of hydrogen-bond donors (Lipinski definition) is 1. The van der Waals surface area contributed by atoms with Crippen molar-refractivity contribution in [2.24, 2.45) is 0 Å². The van der Waals surface area contributed by atoms with Gasteiger partial charge in [0.1, 0.15) is 18.5 Å². The number of morpholine rings is 1. The van der Waals surface area contributed by atoms with Gasteiger partial charge in [-0.15, -0.1) is 0 Å². The first-order chi connectivity index (χ1) is 9.33. The molecule has 0 bridgehead atoms. The van der Waals surface area contributed by atoms with Gasteiger partial charge in [0, 0.05) is 30.2 Å². The van der Waals surface area contributed by atoms with E-state index in [4.69, 9.17) is 9.47 Å². The van der Waals surface area contributed by atoms with Gasteiger partial charge >= 0.3 is 0 Å². The van der Waals surface area contributed by atoms with Crippen LogP contribution in [0.25, 0.3) is 10.9 Å². The molecule has 0 radical (unpaired) electrons. The lowest BCUT2D eigenvalue weighted by Gasteiger charge is -2.24. The Morgan fingerprint density at radius 2 is 2.32 bits per heavy atom. The number of fused-ring (bicyclic) bond motifs is 1. The number of para-hydroxylation sites is 1. The molecule has 2 aromatic rings. The van der Waals surface area contributed by atoms with E-state index in [1.807, 2.05) is 37.3 Å². The van der Waals surface area contributed by atoms with Gasteiger partial charge in [-0.3, -0.25) is 4.98 Å². The van der Waals surface area contributed by atoms with E-state index in [2.05, 4.69) is 10.3 Å². The maximum Gasteiger partial charge on any atom is 0.130 e. The van der Waals surface area contributed by atoms with Crippen LogP contribution in [0.15, 0.2) is 30.3 Å². The summed E-state index contributed by atoms with van der Waals surface area (Å²) in [6, 6.07) is 10.0. The molecule has 0 amide bonds. The van der Waals surface area contributed by atoms with E-state index >= 15 is 0 Å². The predicted molar refractivity (Wildman–Crippen MR) is 74.6 cm³/mol. The number of nitrogens with one attached hydrogen (secondary N) is 1. The monoisotopic (exact) mass is 258 g/mol. The highest BCUT2D eigenvalue weighted by Crippen LogP contribution is 2.25. The topological polar surface area (TPSA) is 43.4 Å². The molecule has 1 saturated heterocycles. The van der Waals surface area contributed by atoms with Crippen molar-refractivity contribution in [2.75, 3.05) is 26.3 Å². The van der Waals surface area contributed by atoms with Gasteiger partial charge < -0.3 is 14.8 Å². The van der Waals surface area contributed by atoms with E-state index in [0.717, 1.165) is 42.0 Å². The van der Waals surface area contributed by atoms with Crippen molar-refractivity contribution in [3.63, 3.8) is 0 Å². The second kappa shape index (κ2) is 5.55. The Kier molecular flexibility index (Phi) is 3.62. The zero-order chi connectivity index (χ0) is 13.1. The van der Waals surface area contributed by atoms with Crippen molar-refractivity contribution in [3.05, 3.63) is 36.0 Å². The van der Waals surface area contributed by atoms with Crippen LogP contribution in [0.2, 0.25) is 0 Å². The highest BCUT2D eigenvalue weighted by atomic mass is 16.5. The SMILES string of the molecule is Cc1cc(OCC2CNCCO2)c2ccccc2n1. The van der Waals surface area contributed by atoms with Crippen molar-refractivity contribution < 1.29 is 9.47 Å². The Morgan fingerprint density at radius 1 is 1.42 bits per heavy atom. The quantitative estimate of drug-likeness (QED) is 0.913. The molecular formula is C15H18N2O2. The number of aromatic nitrogens is 1. The lowest BCUT2D eigenvalue weighted by Crippen LogP contribution is -2.41. The molecule has 1 atom stereocenters. The van der Waals surface area contributed by atoms with E-state index in [9.17, 15) is 0 Å². The van der Waals surface area contributed by atoms with Crippen LogP contribution in [0.4, 0.5) is 0 Å². The average Bonchev–Trinajstić information content (AvgIpc) is 2.45. The minimum atomic E-state index is 0.126. The Morgan fingerprint density at radius 3 is 3.16 bits per heavy atom. The van der Waals surface area contributed by atoms with Gasteiger partial charge in [-0.2, -0.15) is 0 Å². The number of aryl methyl sites for hydroxylation is 1. The first-order valence-electron chi connectivity index (χ1n) is 6.64. The van der Waals surface area contributed by atoms with Crippen LogP contribution in [-0.2, 0) is 4.74 Å². The Bertz CT molecular complexity index is 565. The molecule has 2 heterocycles. The third-order valence-corrected chi connectivity index (χ3v) is 3.24. The molecule has 1 N–H and O–H groups in total. The van der Waals surface area contributed by atoms with E-state index in [-0.39, 0.29) is 6.10 Å². The third-order valence-electron chi connectivity index (χ3n) is 3.24. The molecule has 1 aromatic carbocycles. The van der Waals surface area contributed by atoms with Crippen LogP contribution in [0.5, 0.6) is 5.75 Å². The van der Waals surface area contributed by atoms with Crippen molar-refractivity contribution in [1.82, 2.24) is 10.3 Å². The summed E-state index contributed by atoms with van der Waals surface area (Å²) in [6.07, 6.45) is 0.126. The van der Waals surface area contributed by atoms with E-state index in [1.54, 1.807) is 0 Å². The van der Waals surface area contributed by atoms with Gasteiger partial charge in [0.2, 0.25) is 0 Å². The van der Waals surface area contributed by atoms with Crippen molar-refractivity contribution in [1.29, 1.82) is 0 Å². The van der Waals surface area contributed by atoms with Gasteiger partial charge in [-0.25, -0.2) is 0 Å². The molecule has 0 spiro atoms. The highest BCUT2D eigenvalue weighted by molar-refractivity contribution is 5.85. The smallest absolute Gasteiger partial charge is 0.130 e. The normalized spacial score (nSPS) is 19.5. The van der Waals surface area contributed by atoms with Gasteiger partial charge in [0.25, 0.3) is 0 Å². The molecule has 1 aromatic heterocycles. The molecule has 1 aliphatic rings. The van der Waals surface area contributed by atoms with Gasteiger partial charge in [0.05, 0.1) is 12.1 Å². The Labute approximate surface area is 112 Å². The summed E-state index contributed by atoms with van der Waals surface area (Å²) >= 11 is 0. The molecule has 100 valence electrons. The number of hydrogen-bond acceptors (Lipinski definition) is 4. The number of benzene rings is 1. The van der Waals surface area contributed by atoms with Crippen LogP contribution >= 0.6 is 0 Å². The molecule has 19 heavy (non-hydrogen) atoms. The Balaban J connectivity index is 1.79. The van der Waals surface area contributed by atoms with Crippen molar-refractivity contribution in [2.45, 2.75) is 13.0 Å². The molecule has 0 aliphatic carbocycles. The van der Waals surface area contributed by atoms with Crippen molar-refractivity contribution in [3.8, 4) is 5.75 Å². The standard InChI is InChI=1S/C15H18N2O2/c1-11-8-15(13-4-2-3-5-14(13)17-11)19-10-12-9-16-6-7-18-12/h2-5,8,12,16H,6-7,9-10H2,1H3. The largest absolute Gasteiger partial charge is 0.490 e. The minimum absolute atomic E-state index is 0.126. The number of rotatable bonds is 3. The fourth-order valence-electron chi connectivity index (χ4n) is 2.30. The summed E-state index contributed by atoms with van der Waals surface area (Å²) in [5, 5.41) is 4.35. The molecule has 0 saturated carbocycles. The van der Waals surface area contributed by atoms with Crippen LogP contribution in [0.3, 0.4) is 0 Å². The summed E-state index contributed by atoms with van der Waals surface area (Å²) in [5.41, 5.74) is 1.94. The van der Waals surface area contributed by atoms with Crippen LogP contribution in [0.1, 0.15) is 5.69 Å². The summed E-state index contributed by atoms with van der Waals surface area (Å²) in [4.78, 5) is 4.51. The number of pyridine rings is 1. The summed E-state index contributed by atoms with van der Waals surface area (Å²) in [5.74, 6) is 0.886. The minimum Gasteiger partial charge on any atom is -0.490 e. The first-order valence-corrected chi connectivity index (χ1v) is 6.64. The zero-order valence-electron chi connectivity index (χ0n) is 11.1. The molecule has 3 rings (SSSR count). The van der Waals surface area contributed by atoms with Gasteiger partial charge in [-0.05, 0) is 19.1 Å². The molecule has 4 heteroatoms.